The number of pyridine rings is 1. The number of sulfonamides is 1. The molecule has 2 rings (SSSR count). The summed E-state index contributed by atoms with van der Waals surface area (Å²) in [5, 5.41) is 5.94. The first-order valence-corrected chi connectivity index (χ1v) is 7.76. The van der Waals surface area contributed by atoms with E-state index in [4.69, 9.17) is 10.9 Å². The van der Waals surface area contributed by atoms with Crippen molar-refractivity contribution in [2.45, 2.75) is 21.7 Å². The van der Waals surface area contributed by atoms with Gasteiger partial charge in [0.05, 0.1) is 4.90 Å². The highest BCUT2D eigenvalue weighted by atomic mass is 32.2. The van der Waals surface area contributed by atoms with Gasteiger partial charge in [-0.15, -0.1) is 0 Å². The Morgan fingerprint density at radius 1 is 1.26 bits per heavy atom. The van der Waals surface area contributed by atoms with Crippen LogP contribution < -0.4 is 10.9 Å². The van der Waals surface area contributed by atoms with Crippen LogP contribution in [0.1, 0.15) is 5.56 Å². The SMILES string of the molecule is Cc1c(Sc2ccccn2)cc(N)cc1S(N)(=O)=O. The van der Waals surface area contributed by atoms with Crippen molar-refractivity contribution >= 4 is 27.5 Å². The lowest BCUT2D eigenvalue weighted by Crippen LogP contribution is -2.14. The maximum Gasteiger partial charge on any atom is 0.238 e. The smallest absolute Gasteiger partial charge is 0.238 e. The number of hydrogen-bond acceptors (Lipinski definition) is 5. The van der Waals surface area contributed by atoms with Crippen LogP contribution in [0.25, 0.3) is 0 Å². The number of nitrogens with zero attached hydrogens (tertiary/aromatic N) is 1. The number of rotatable bonds is 3. The van der Waals surface area contributed by atoms with Crippen LogP contribution in [-0.2, 0) is 10.0 Å². The molecule has 0 unspecified atom stereocenters. The van der Waals surface area contributed by atoms with E-state index in [0.717, 1.165) is 9.92 Å². The third kappa shape index (κ3) is 3.25. The van der Waals surface area contributed by atoms with Gasteiger partial charge in [0, 0.05) is 16.8 Å². The lowest BCUT2D eigenvalue weighted by atomic mass is 10.2. The van der Waals surface area contributed by atoms with Gasteiger partial charge in [-0.1, -0.05) is 17.8 Å². The fraction of sp³-hybridized carbons (Fsp3) is 0.0833. The standard InChI is InChI=1S/C12H13N3O2S2/c1-8-10(18-12-4-2-3-5-15-12)6-9(13)7-11(8)19(14,16)17/h2-7H,13H2,1H3,(H2,14,16,17). The molecule has 0 aliphatic heterocycles. The Bertz CT molecular complexity index is 700. The molecule has 0 radical (unpaired) electrons. The van der Waals surface area contributed by atoms with Crippen molar-refractivity contribution in [3.05, 3.63) is 42.1 Å². The molecule has 7 heteroatoms. The van der Waals surface area contributed by atoms with E-state index in [1.165, 1.54) is 17.8 Å². The van der Waals surface area contributed by atoms with Crippen molar-refractivity contribution in [1.82, 2.24) is 4.98 Å². The quantitative estimate of drug-likeness (QED) is 0.841. The highest BCUT2D eigenvalue weighted by Gasteiger charge is 2.16. The Morgan fingerprint density at radius 3 is 2.58 bits per heavy atom. The van der Waals surface area contributed by atoms with Gasteiger partial charge in [0.15, 0.2) is 0 Å². The topological polar surface area (TPSA) is 99.1 Å². The molecule has 1 aromatic heterocycles. The molecule has 0 fully saturated rings. The average Bonchev–Trinajstić information content (AvgIpc) is 2.33. The number of anilines is 1. The molecule has 0 atom stereocenters. The molecule has 0 spiro atoms. The van der Waals surface area contributed by atoms with Gasteiger partial charge in [0.1, 0.15) is 5.03 Å². The zero-order valence-corrected chi connectivity index (χ0v) is 11.8. The second kappa shape index (κ2) is 5.20. The largest absolute Gasteiger partial charge is 0.399 e. The number of primary sulfonamides is 1. The van der Waals surface area contributed by atoms with E-state index in [1.807, 2.05) is 18.2 Å². The molecule has 0 amide bonds. The molecule has 19 heavy (non-hydrogen) atoms. The molecule has 100 valence electrons. The minimum Gasteiger partial charge on any atom is -0.399 e. The maximum absolute atomic E-state index is 11.5. The van der Waals surface area contributed by atoms with Crippen molar-refractivity contribution in [2.75, 3.05) is 5.73 Å². The Kier molecular flexibility index (Phi) is 3.79. The number of hydrogen-bond donors (Lipinski definition) is 2. The first-order chi connectivity index (χ1) is 8.88. The number of nitrogen functional groups attached to an aromatic ring is 1. The number of benzene rings is 1. The molecule has 4 N–H and O–H groups in total. The van der Waals surface area contributed by atoms with E-state index >= 15 is 0 Å². The lowest BCUT2D eigenvalue weighted by molar-refractivity contribution is 0.597. The van der Waals surface area contributed by atoms with Crippen molar-refractivity contribution in [3.63, 3.8) is 0 Å². The summed E-state index contributed by atoms with van der Waals surface area (Å²) < 4.78 is 23.0. The Morgan fingerprint density at radius 2 is 2.00 bits per heavy atom. The Hall–Kier alpha value is -1.57. The van der Waals surface area contributed by atoms with Crippen LogP contribution in [0.15, 0.2) is 51.3 Å². The summed E-state index contributed by atoms with van der Waals surface area (Å²) in [7, 11) is -3.78. The minimum absolute atomic E-state index is 0.0472. The van der Waals surface area contributed by atoms with E-state index in [9.17, 15) is 8.42 Å². The van der Waals surface area contributed by atoms with E-state index in [1.54, 1.807) is 19.2 Å². The van der Waals surface area contributed by atoms with Crippen LogP contribution in [0.3, 0.4) is 0 Å². The van der Waals surface area contributed by atoms with Crippen molar-refractivity contribution < 1.29 is 8.42 Å². The highest BCUT2D eigenvalue weighted by Crippen LogP contribution is 2.33. The molecule has 0 saturated carbocycles. The fourth-order valence-corrected chi connectivity index (χ4v) is 3.45. The summed E-state index contributed by atoms with van der Waals surface area (Å²) in [5.74, 6) is 0. The van der Waals surface area contributed by atoms with Gasteiger partial charge in [-0.05, 0) is 36.8 Å². The molecule has 0 bridgehead atoms. The Labute approximate surface area is 116 Å². The first kappa shape index (κ1) is 13.9. The first-order valence-electron chi connectivity index (χ1n) is 5.40. The predicted octanol–water partition coefficient (Wildman–Crippen LogP) is 1.77. The fourth-order valence-electron chi connectivity index (χ4n) is 1.60. The molecule has 1 aromatic carbocycles. The second-order valence-corrected chi connectivity index (χ2v) is 6.55. The van der Waals surface area contributed by atoms with Gasteiger partial charge in [-0.3, -0.25) is 0 Å². The zero-order valence-electron chi connectivity index (χ0n) is 10.2. The predicted molar refractivity (Wildman–Crippen MR) is 75.3 cm³/mol. The van der Waals surface area contributed by atoms with Gasteiger partial charge in [-0.25, -0.2) is 18.5 Å². The lowest BCUT2D eigenvalue weighted by Gasteiger charge is -2.10. The van der Waals surface area contributed by atoms with E-state index in [0.29, 0.717) is 11.3 Å². The van der Waals surface area contributed by atoms with Crippen molar-refractivity contribution in [1.29, 1.82) is 0 Å². The number of nitrogens with two attached hydrogens (primary N) is 2. The van der Waals surface area contributed by atoms with Crippen LogP contribution in [0.2, 0.25) is 0 Å². The van der Waals surface area contributed by atoms with Gasteiger partial charge in [0.25, 0.3) is 0 Å². The van der Waals surface area contributed by atoms with Gasteiger partial charge >= 0.3 is 0 Å². The summed E-state index contributed by atoms with van der Waals surface area (Å²) in [6.07, 6.45) is 1.67. The minimum atomic E-state index is -3.78. The maximum atomic E-state index is 11.5. The van der Waals surface area contributed by atoms with Gasteiger partial charge < -0.3 is 5.73 Å². The Balaban J connectivity index is 2.50. The van der Waals surface area contributed by atoms with Crippen LogP contribution in [-0.4, -0.2) is 13.4 Å². The molecule has 5 nitrogen and oxygen atoms in total. The van der Waals surface area contributed by atoms with E-state index < -0.39 is 10.0 Å². The molecule has 1 heterocycles. The normalized spacial score (nSPS) is 11.5. The summed E-state index contributed by atoms with van der Waals surface area (Å²) >= 11 is 1.35. The summed E-state index contributed by atoms with van der Waals surface area (Å²) in [6.45, 7) is 1.70. The van der Waals surface area contributed by atoms with Gasteiger partial charge in [0.2, 0.25) is 10.0 Å². The number of aromatic nitrogens is 1. The zero-order chi connectivity index (χ0) is 14.0. The van der Waals surface area contributed by atoms with Crippen molar-refractivity contribution in [3.8, 4) is 0 Å². The monoisotopic (exact) mass is 295 g/mol. The highest BCUT2D eigenvalue weighted by molar-refractivity contribution is 7.99. The molecule has 0 aliphatic carbocycles. The molecule has 0 saturated heterocycles. The summed E-state index contributed by atoms with van der Waals surface area (Å²) in [4.78, 5) is 4.95. The second-order valence-electron chi connectivity index (χ2n) is 3.96. The van der Waals surface area contributed by atoms with Crippen LogP contribution in [0.4, 0.5) is 5.69 Å². The van der Waals surface area contributed by atoms with Crippen molar-refractivity contribution in [2.24, 2.45) is 5.14 Å². The van der Waals surface area contributed by atoms with Crippen LogP contribution >= 0.6 is 11.8 Å². The third-order valence-corrected chi connectivity index (χ3v) is 4.63. The average molecular weight is 295 g/mol. The van der Waals surface area contributed by atoms with Gasteiger partial charge in [-0.2, -0.15) is 0 Å². The van der Waals surface area contributed by atoms with Crippen LogP contribution in [0.5, 0.6) is 0 Å². The molecular weight excluding hydrogens is 282 g/mol. The van der Waals surface area contributed by atoms with E-state index in [2.05, 4.69) is 4.98 Å². The molecule has 2 aromatic rings. The molecule has 0 aliphatic rings. The summed E-state index contributed by atoms with van der Waals surface area (Å²) in [5.41, 5.74) is 6.66. The third-order valence-electron chi connectivity index (χ3n) is 2.49. The molecular formula is C12H13N3O2S2. The van der Waals surface area contributed by atoms with Crippen LogP contribution in [0, 0.1) is 6.92 Å². The summed E-state index contributed by atoms with van der Waals surface area (Å²) in [6, 6.07) is 8.59. The van der Waals surface area contributed by atoms with E-state index in [-0.39, 0.29) is 4.90 Å².